The van der Waals surface area contributed by atoms with Gasteiger partial charge in [0.15, 0.2) is 6.54 Å². The molecule has 28 heavy (non-hydrogen) atoms. The lowest BCUT2D eigenvalue weighted by molar-refractivity contribution is -0.908. The van der Waals surface area contributed by atoms with E-state index in [1.807, 2.05) is 12.1 Å². The Kier molecular flexibility index (Phi) is 6.62. The number of hydrogen-bond acceptors (Lipinski definition) is 4. The van der Waals surface area contributed by atoms with Crippen LogP contribution in [-0.4, -0.2) is 44.8 Å². The number of carbonyl (C=O) groups excluding carboxylic acids is 1. The Balaban J connectivity index is 1.33. The number of nitrogens with one attached hydrogen (secondary N) is 2. The SMILES string of the molecule is O=C(C[NH+](Cc1cccs1)C[C@@H]1CCCO1)Nc1ccc(N2CCCC2)cc1. The highest BCUT2D eigenvalue weighted by molar-refractivity contribution is 7.09. The third kappa shape index (κ3) is 5.34. The molecule has 0 radical (unpaired) electrons. The molecule has 1 amide bonds. The first kappa shape index (κ1) is 19.4. The van der Waals surface area contributed by atoms with Crippen LogP contribution in [0.25, 0.3) is 0 Å². The van der Waals surface area contributed by atoms with Gasteiger partial charge in [-0.25, -0.2) is 0 Å². The first-order valence-corrected chi connectivity index (χ1v) is 11.3. The average Bonchev–Trinajstić information content (AvgIpc) is 3.46. The number of rotatable bonds is 8. The van der Waals surface area contributed by atoms with Crippen molar-refractivity contribution in [2.24, 2.45) is 0 Å². The standard InChI is InChI=1S/C22H29N3O2S/c26-22(23-18-7-9-19(10-8-18)25-11-1-2-12-25)17-24(15-20-5-3-13-27-20)16-21-6-4-14-28-21/h4,6-10,14,20H,1-3,5,11-13,15-17H2,(H,23,26)/p+1/t20-/m0/s1. The molecule has 1 aromatic heterocycles. The number of hydrogen-bond donors (Lipinski definition) is 2. The molecule has 2 fully saturated rings. The van der Waals surface area contributed by atoms with Crippen LogP contribution in [0.5, 0.6) is 0 Å². The smallest absolute Gasteiger partial charge is 0.279 e. The van der Waals surface area contributed by atoms with Crippen LogP contribution >= 0.6 is 11.3 Å². The number of ether oxygens (including phenoxy) is 1. The lowest BCUT2D eigenvalue weighted by Crippen LogP contribution is -3.12. The summed E-state index contributed by atoms with van der Waals surface area (Å²) in [6.07, 6.45) is 5.06. The van der Waals surface area contributed by atoms with Crippen LogP contribution in [0.15, 0.2) is 41.8 Å². The molecule has 2 aliphatic heterocycles. The van der Waals surface area contributed by atoms with E-state index in [9.17, 15) is 4.79 Å². The lowest BCUT2D eigenvalue weighted by atomic mass is 10.2. The maximum absolute atomic E-state index is 12.7. The minimum Gasteiger partial charge on any atom is -0.372 e. The Bertz CT molecular complexity index is 736. The largest absolute Gasteiger partial charge is 0.372 e. The lowest BCUT2D eigenvalue weighted by Gasteiger charge is -2.22. The molecule has 2 N–H and O–H groups in total. The van der Waals surface area contributed by atoms with E-state index >= 15 is 0 Å². The van der Waals surface area contributed by atoms with Gasteiger partial charge in [0.05, 0.1) is 4.88 Å². The van der Waals surface area contributed by atoms with Gasteiger partial charge in [0.25, 0.3) is 5.91 Å². The van der Waals surface area contributed by atoms with Crippen LogP contribution in [0.3, 0.4) is 0 Å². The highest BCUT2D eigenvalue weighted by Crippen LogP contribution is 2.22. The summed E-state index contributed by atoms with van der Waals surface area (Å²) in [5.41, 5.74) is 2.12. The fourth-order valence-corrected chi connectivity index (χ4v) is 4.93. The highest BCUT2D eigenvalue weighted by Gasteiger charge is 2.24. The number of amides is 1. The third-order valence-electron chi connectivity index (χ3n) is 5.58. The molecule has 0 spiro atoms. The van der Waals surface area contributed by atoms with Crippen molar-refractivity contribution in [1.29, 1.82) is 0 Å². The normalized spacial score (nSPS) is 20.4. The Hall–Kier alpha value is -1.89. The average molecular weight is 401 g/mol. The molecule has 2 aliphatic rings. The van der Waals surface area contributed by atoms with Crippen molar-refractivity contribution in [3.8, 4) is 0 Å². The zero-order chi connectivity index (χ0) is 19.2. The fraction of sp³-hybridized carbons (Fsp3) is 0.500. The molecule has 0 aliphatic carbocycles. The van der Waals surface area contributed by atoms with Crippen molar-refractivity contribution in [3.05, 3.63) is 46.7 Å². The number of quaternary nitrogens is 1. The second-order valence-electron chi connectivity index (χ2n) is 7.81. The van der Waals surface area contributed by atoms with Crippen LogP contribution in [0.1, 0.15) is 30.6 Å². The van der Waals surface area contributed by atoms with E-state index < -0.39 is 0 Å². The van der Waals surface area contributed by atoms with E-state index in [-0.39, 0.29) is 12.0 Å². The topological polar surface area (TPSA) is 46.0 Å². The molecule has 5 nitrogen and oxygen atoms in total. The van der Waals surface area contributed by atoms with Crippen LogP contribution in [0.2, 0.25) is 0 Å². The van der Waals surface area contributed by atoms with Gasteiger partial charge in [-0.3, -0.25) is 4.79 Å². The van der Waals surface area contributed by atoms with Crippen LogP contribution in [0.4, 0.5) is 11.4 Å². The summed E-state index contributed by atoms with van der Waals surface area (Å²) in [7, 11) is 0. The van der Waals surface area contributed by atoms with Crippen molar-refractivity contribution in [2.45, 2.75) is 38.3 Å². The first-order chi connectivity index (χ1) is 13.8. The highest BCUT2D eigenvalue weighted by atomic mass is 32.1. The summed E-state index contributed by atoms with van der Waals surface area (Å²) in [6, 6.07) is 12.5. The number of anilines is 2. The molecular weight excluding hydrogens is 370 g/mol. The van der Waals surface area contributed by atoms with Gasteiger partial charge >= 0.3 is 0 Å². The molecule has 2 saturated heterocycles. The summed E-state index contributed by atoms with van der Waals surface area (Å²) in [5.74, 6) is 0.0680. The molecule has 1 unspecified atom stereocenters. The number of benzene rings is 1. The van der Waals surface area contributed by atoms with Crippen molar-refractivity contribution >= 4 is 28.6 Å². The minimum absolute atomic E-state index is 0.0680. The molecular formula is C22H30N3O2S+. The molecule has 2 atom stereocenters. The van der Waals surface area contributed by atoms with Crippen molar-refractivity contribution < 1.29 is 14.4 Å². The minimum atomic E-state index is 0.0680. The number of carbonyl (C=O) groups is 1. The summed E-state index contributed by atoms with van der Waals surface area (Å²) in [6.45, 7) is 5.35. The van der Waals surface area contributed by atoms with Gasteiger partial charge in [-0.2, -0.15) is 0 Å². The van der Waals surface area contributed by atoms with Gasteiger partial charge < -0.3 is 19.9 Å². The maximum atomic E-state index is 12.7. The van der Waals surface area contributed by atoms with E-state index in [1.54, 1.807) is 11.3 Å². The molecule has 0 saturated carbocycles. The quantitative estimate of drug-likeness (QED) is 0.716. The van der Waals surface area contributed by atoms with E-state index in [4.69, 9.17) is 4.74 Å². The Labute approximate surface area is 171 Å². The Morgan fingerprint density at radius 1 is 1.18 bits per heavy atom. The number of thiophene rings is 1. The Morgan fingerprint density at radius 2 is 2.00 bits per heavy atom. The van der Waals surface area contributed by atoms with Crippen LogP contribution in [-0.2, 0) is 16.1 Å². The summed E-state index contributed by atoms with van der Waals surface area (Å²) >= 11 is 1.76. The molecule has 150 valence electrons. The van der Waals surface area contributed by atoms with Crippen molar-refractivity contribution in [3.63, 3.8) is 0 Å². The van der Waals surface area contributed by atoms with Gasteiger partial charge in [-0.05, 0) is 61.4 Å². The second kappa shape index (κ2) is 9.54. The summed E-state index contributed by atoms with van der Waals surface area (Å²) in [4.78, 5) is 17.7. The van der Waals surface area contributed by atoms with E-state index in [1.165, 1.54) is 28.3 Å². The van der Waals surface area contributed by atoms with Gasteiger partial charge in [-0.15, -0.1) is 11.3 Å². The van der Waals surface area contributed by atoms with Crippen molar-refractivity contribution in [2.75, 3.05) is 43.0 Å². The van der Waals surface area contributed by atoms with E-state index in [2.05, 4.69) is 39.9 Å². The van der Waals surface area contributed by atoms with E-state index in [0.717, 1.165) is 51.3 Å². The van der Waals surface area contributed by atoms with Gasteiger partial charge in [0.2, 0.25) is 0 Å². The molecule has 0 bridgehead atoms. The first-order valence-electron chi connectivity index (χ1n) is 10.4. The zero-order valence-electron chi connectivity index (χ0n) is 16.4. The third-order valence-corrected chi connectivity index (χ3v) is 6.45. The molecule has 4 rings (SSSR count). The predicted octanol–water partition coefficient (Wildman–Crippen LogP) is 2.55. The van der Waals surface area contributed by atoms with Crippen molar-refractivity contribution in [1.82, 2.24) is 0 Å². The van der Waals surface area contributed by atoms with Gasteiger partial charge in [0, 0.05) is 31.1 Å². The van der Waals surface area contributed by atoms with Crippen LogP contribution < -0.4 is 15.1 Å². The Morgan fingerprint density at radius 3 is 2.68 bits per heavy atom. The fourth-order valence-electron chi connectivity index (χ4n) is 4.16. The molecule has 1 aromatic carbocycles. The number of nitrogens with zero attached hydrogens (tertiary/aromatic N) is 1. The van der Waals surface area contributed by atoms with Gasteiger partial charge in [-0.1, -0.05) is 6.07 Å². The molecule has 3 heterocycles. The summed E-state index contributed by atoms with van der Waals surface area (Å²) < 4.78 is 5.81. The molecule has 6 heteroatoms. The summed E-state index contributed by atoms with van der Waals surface area (Å²) in [5, 5.41) is 5.18. The monoisotopic (exact) mass is 400 g/mol. The zero-order valence-corrected chi connectivity index (χ0v) is 17.2. The maximum Gasteiger partial charge on any atom is 0.279 e. The molecule has 2 aromatic rings. The van der Waals surface area contributed by atoms with Gasteiger partial charge in [0.1, 0.15) is 19.2 Å². The predicted molar refractivity (Wildman–Crippen MR) is 114 cm³/mol. The second-order valence-corrected chi connectivity index (χ2v) is 8.84. The van der Waals surface area contributed by atoms with E-state index in [0.29, 0.717) is 6.54 Å². The van der Waals surface area contributed by atoms with Crippen LogP contribution in [0, 0.1) is 0 Å².